The molecule has 0 unspecified atom stereocenters. The molecule has 0 spiro atoms. The minimum absolute atomic E-state index is 0.259. The van der Waals surface area contributed by atoms with E-state index < -0.39 is 0 Å². The summed E-state index contributed by atoms with van der Waals surface area (Å²) >= 11 is 0. The lowest BCUT2D eigenvalue weighted by Crippen LogP contribution is -2.41. The van der Waals surface area contributed by atoms with Crippen molar-refractivity contribution in [2.24, 2.45) is 5.92 Å². The minimum atomic E-state index is -0.294. The second-order valence-corrected chi connectivity index (χ2v) is 9.27. The molecule has 0 bridgehead atoms. The summed E-state index contributed by atoms with van der Waals surface area (Å²) < 4.78 is 12.8. The summed E-state index contributed by atoms with van der Waals surface area (Å²) in [4.78, 5) is 0. The van der Waals surface area contributed by atoms with Crippen LogP contribution in [0.25, 0.3) is 0 Å². The van der Waals surface area contributed by atoms with Crippen LogP contribution in [0, 0.1) is 5.92 Å². The number of hydrogen-bond acceptors (Lipinski definition) is 2. The molecule has 1 saturated carbocycles. The molecule has 1 aliphatic carbocycles. The molecule has 1 aliphatic heterocycles. The van der Waals surface area contributed by atoms with E-state index in [-0.39, 0.29) is 18.3 Å². The Hall–Kier alpha value is -1.28. The van der Waals surface area contributed by atoms with E-state index in [4.69, 9.17) is 9.31 Å². The van der Waals surface area contributed by atoms with Gasteiger partial charge in [0.05, 0.1) is 11.2 Å². The molecule has 0 amide bonds. The molecule has 2 fully saturated rings. The maximum Gasteiger partial charge on any atom is 0.499 e. The molecule has 2 nitrogen and oxygen atoms in total. The van der Waals surface area contributed by atoms with Crippen molar-refractivity contribution in [3.63, 3.8) is 0 Å². The number of aryl methyl sites for hydroxylation is 1. The predicted molar refractivity (Wildman–Crippen MR) is 114 cm³/mol. The van der Waals surface area contributed by atoms with Crippen molar-refractivity contribution < 1.29 is 9.31 Å². The standard InChI is InChI=1S/C24H35BO2/c1-19(16-17-20-12-8-6-9-13-20)18-22(21-14-10-7-11-15-21)25-26-23(2,3)24(4,5)27-25/h6,8-9,12-13,21H,7,10-11,14-17H2,1-5H3. The molecule has 0 aromatic heterocycles. The summed E-state index contributed by atoms with van der Waals surface area (Å²) in [5, 5.41) is 0. The molecule has 1 aromatic carbocycles. The first-order valence-corrected chi connectivity index (χ1v) is 10.6. The smallest absolute Gasteiger partial charge is 0.399 e. The van der Waals surface area contributed by atoms with Gasteiger partial charge in [-0.1, -0.05) is 49.6 Å². The normalized spacial score (nSPS) is 21.7. The Morgan fingerprint density at radius 3 is 2.19 bits per heavy atom. The Bertz CT molecular complexity index is 676. The van der Waals surface area contributed by atoms with Gasteiger partial charge in [-0.05, 0) is 77.4 Å². The van der Waals surface area contributed by atoms with Crippen molar-refractivity contribution in [3.05, 3.63) is 52.7 Å². The Morgan fingerprint density at radius 1 is 1.00 bits per heavy atom. The van der Waals surface area contributed by atoms with Gasteiger partial charge >= 0.3 is 7.12 Å². The molecule has 3 heteroatoms. The van der Waals surface area contributed by atoms with Crippen molar-refractivity contribution in [1.82, 2.24) is 0 Å². The Morgan fingerprint density at radius 2 is 1.59 bits per heavy atom. The topological polar surface area (TPSA) is 18.5 Å². The first kappa shape index (κ1) is 20.5. The molecule has 2 aliphatic rings. The third-order valence-electron chi connectivity index (χ3n) is 6.54. The molecule has 1 aromatic rings. The van der Waals surface area contributed by atoms with Crippen LogP contribution in [0.2, 0.25) is 0 Å². The zero-order valence-electron chi connectivity index (χ0n) is 17.8. The number of benzene rings is 1. The fraction of sp³-hybridized carbons (Fsp3) is 0.625. The second kappa shape index (κ2) is 8.39. The maximum atomic E-state index is 6.41. The van der Waals surface area contributed by atoms with Crippen LogP contribution in [0.5, 0.6) is 0 Å². The van der Waals surface area contributed by atoms with Gasteiger partial charge in [0.15, 0.2) is 0 Å². The van der Waals surface area contributed by atoms with Gasteiger partial charge < -0.3 is 9.31 Å². The average molecular weight is 366 g/mol. The summed E-state index contributed by atoms with van der Waals surface area (Å²) in [6.45, 7) is 10.8. The third-order valence-corrected chi connectivity index (χ3v) is 6.54. The van der Waals surface area contributed by atoms with Gasteiger partial charge in [-0.2, -0.15) is 0 Å². The van der Waals surface area contributed by atoms with E-state index in [0.29, 0.717) is 5.92 Å². The summed E-state index contributed by atoms with van der Waals surface area (Å²) in [6.07, 6.45) is 8.51. The summed E-state index contributed by atoms with van der Waals surface area (Å²) in [5.74, 6) is 0.542. The molecule has 1 heterocycles. The first-order chi connectivity index (χ1) is 12.8. The van der Waals surface area contributed by atoms with Crippen molar-refractivity contribution >= 4 is 7.12 Å². The Labute approximate surface area is 166 Å². The predicted octanol–water partition coefficient (Wildman–Crippen LogP) is 6.30. The lowest BCUT2D eigenvalue weighted by molar-refractivity contribution is 0.00578. The van der Waals surface area contributed by atoms with Gasteiger partial charge in [0.1, 0.15) is 0 Å². The quantitative estimate of drug-likeness (QED) is 0.450. The lowest BCUT2D eigenvalue weighted by atomic mass is 9.66. The second-order valence-electron chi connectivity index (χ2n) is 9.27. The zero-order chi connectivity index (χ0) is 19.5. The van der Waals surface area contributed by atoms with Crippen LogP contribution in [0.3, 0.4) is 0 Å². The van der Waals surface area contributed by atoms with Crippen LogP contribution in [-0.4, -0.2) is 18.3 Å². The summed E-state index contributed by atoms with van der Waals surface area (Å²) in [5.41, 5.74) is 7.10. The first-order valence-electron chi connectivity index (χ1n) is 10.6. The number of hydrogen-bond donors (Lipinski definition) is 0. The molecule has 0 atom stereocenters. The van der Waals surface area contributed by atoms with Crippen molar-refractivity contribution in [2.45, 2.75) is 90.8 Å². The highest BCUT2D eigenvalue weighted by Gasteiger charge is 2.53. The van der Waals surface area contributed by atoms with Crippen LogP contribution in [0.4, 0.5) is 0 Å². The molecule has 0 radical (unpaired) electrons. The van der Waals surface area contributed by atoms with Gasteiger partial charge in [-0.25, -0.2) is 0 Å². The Kier molecular flexibility index (Phi) is 6.36. The van der Waals surface area contributed by atoms with Gasteiger partial charge in [0.2, 0.25) is 0 Å². The summed E-state index contributed by atoms with van der Waals surface area (Å²) in [7, 11) is -0.259. The molecular formula is C24H35BO2. The van der Waals surface area contributed by atoms with Crippen molar-refractivity contribution in [2.75, 3.05) is 0 Å². The van der Waals surface area contributed by atoms with E-state index >= 15 is 0 Å². The monoisotopic (exact) mass is 366 g/mol. The number of allylic oxidation sites excluding steroid dienone is 1. The van der Waals surface area contributed by atoms with Gasteiger partial charge in [-0.15, -0.1) is 5.73 Å². The number of rotatable bonds is 5. The Balaban J connectivity index is 1.84. The summed E-state index contributed by atoms with van der Waals surface area (Å²) in [6, 6.07) is 10.7. The van der Waals surface area contributed by atoms with E-state index in [1.54, 1.807) is 0 Å². The molecule has 0 N–H and O–H groups in total. The highest BCUT2D eigenvalue weighted by atomic mass is 16.7. The third kappa shape index (κ3) is 4.96. The van der Waals surface area contributed by atoms with E-state index in [1.807, 2.05) is 0 Å². The van der Waals surface area contributed by atoms with Crippen LogP contribution >= 0.6 is 0 Å². The van der Waals surface area contributed by atoms with Crippen molar-refractivity contribution in [3.8, 4) is 0 Å². The van der Waals surface area contributed by atoms with Gasteiger partial charge in [0.25, 0.3) is 0 Å². The molecule has 3 rings (SSSR count). The van der Waals surface area contributed by atoms with E-state index in [9.17, 15) is 0 Å². The zero-order valence-corrected chi connectivity index (χ0v) is 17.8. The minimum Gasteiger partial charge on any atom is -0.399 e. The maximum absolute atomic E-state index is 6.41. The van der Waals surface area contributed by atoms with E-state index in [0.717, 1.165) is 12.8 Å². The lowest BCUT2D eigenvalue weighted by Gasteiger charge is -2.32. The molecule has 27 heavy (non-hydrogen) atoms. The highest BCUT2D eigenvalue weighted by molar-refractivity contribution is 6.54. The van der Waals surface area contributed by atoms with Gasteiger partial charge in [-0.3, -0.25) is 0 Å². The fourth-order valence-corrected chi connectivity index (χ4v) is 4.02. The molecule has 1 saturated heterocycles. The van der Waals surface area contributed by atoms with E-state index in [1.165, 1.54) is 48.7 Å². The fourth-order valence-electron chi connectivity index (χ4n) is 4.02. The van der Waals surface area contributed by atoms with Crippen LogP contribution in [0.1, 0.15) is 78.7 Å². The van der Waals surface area contributed by atoms with Crippen molar-refractivity contribution in [1.29, 1.82) is 0 Å². The van der Waals surface area contributed by atoms with Crippen LogP contribution in [-0.2, 0) is 15.7 Å². The SMILES string of the molecule is CC(=C=C(B1OC(C)(C)C(C)(C)O1)C1CCCCC1)CCc1ccccc1. The van der Waals surface area contributed by atoms with Crippen LogP contribution in [0.15, 0.2) is 47.1 Å². The van der Waals surface area contributed by atoms with Gasteiger partial charge in [0, 0.05) is 5.47 Å². The highest BCUT2D eigenvalue weighted by Crippen LogP contribution is 2.42. The van der Waals surface area contributed by atoms with Crippen LogP contribution < -0.4 is 0 Å². The van der Waals surface area contributed by atoms with E-state index in [2.05, 4.69) is 70.7 Å². The average Bonchev–Trinajstić information content (AvgIpc) is 2.87. The molecule has 146 valence electrons. The molecular weight excluding hydrogens is 331 g/mol. The largest absolute Gasteiger partial charge is 0.499 e.